The van der Waals surface area contributed by atoms with Crippen LogP contribution < -0.4 is 4.74 Å². The summed E-state index contributed by atoms with van der Waals surface area (Å²) in [6.45, 7) is 25.3. The molecule has 0 spiro atoms. The maximum absolute atomic E-state index is 6.28. The van der Waals surface area contributed by atoms with Gasteiger partial charge in [0, 0.05) is 16.5 Å². The van der Waals surface area contributed by atoms with Crippen molar-refractivity contribution in [3.05, 3.63) is 65.3 Å². The van der Waals surface area contributed by atoms with Crippen LogP contribution in [0.3, 0.4) is 0 Å². The molecule has 1 aliphatic carbocycles. The molecule has 0 saturated carbocycles. The summed E-state index contributed by atoms with van der Waals surface area (Å²) in [7, 11) is -1.24. The van der Waals surface area contributed by atoms with Gasteiger partial charge in [-0.05, 0) is 23.5 Å². The third-order valence-corrected chi connectivity index (χ3v) is 7.98. The first-order valence-corrected chi connectivity index (χ1v) is 13.7. The molecule has 0 amide bonds. The van der Waals surface area contributed by atoms with Gasteiger partial charge in [0.25, 0.3) is 0 Å². The molecule has 0 fully saturated rings. The molecular formula is C25H38OSi. The number of hydrogen-bond donors (Lipinski definition) is 0. The Kier molecular flexibility index (Phi) is 6.01. The Hall–Kier alpha value is -1.54. The van der Waals surface area contributed by atoms with Crippen molar-refractivity contribution >= 4 is 8.07 Å². The van der Waals surface area contributed by atoms with E-state index in [0.29, 0.717) is 12.1 Å². The Labute approximate surface area is 168 Å². The van der Waals surface area contributed by atoms with Crippen molar-refractivity contribution in [1.29, 1.82) is 0 Å². The lowest BCUT2D eigenvalue weighted by atomic mass is 9.74. The van der Waals surface area contributed by atoms with E-state index in [4.69, 9.17) is 4.74 Å². The van der Waals surface area contributed by atoms with E-state index in [2.05, 4.69) is 98.1 Å². The normalized spacial score (nSPS) is 17.8. The smallest absolute Gasteiger partial charge is 0.127 e. The van der Waals surface area contributed by atoms with Crippen LogP contribution in [0.5, 0.6) is 5.75 Å². The Balaban J connectivity index is 2.64. The molecule has 0 aromatic heterocycles. The summed E-state index contributed by atoms with van der Waals surface area (Å²) in [4.78, 5) is 0. The van der Waals surface area contributed by atoms with Crippen LogP contribution in [0, 0.1) is 6.92 Å². The molecule has 0 radical (unpaired) electrons. The molecule has 0 saturated heterocycles. The van der Waals surface area contributed by atoms with Gasteiger partial charge >= 0.3 is 0 Å². The maximum atomic E-state index is 6.28. The van der Waals surface area contributed by atoms with Crippen molar-refractivity contribution < 1.29 is 4.74 Å². The molecule has 1 nitrogen and oxygen atoms in total. The van der Waals surface area contributed by atoms with Gasteiger partial charge in [-0.3, -0.25) is 0 Å². The highest BCUT2D eigenvalue weighted by atomic mass is 28.3. The Morgan fingerprint density at radius 2 is 1.67 bits per heavy atom. The lowest BCUT2D eigenvalue weighted by molar-refractivity contribution is 0.341. The Morgan fingerprint density at radius 3 is 2.15 bits per heavy atom. The van der Waals surface area contributed by atoms with Crippen LogP contribution in [-0.2, 0) is 10.8 Å². The number of benzene rings is 1. The second-order valence-corrected chi connectivity index (χ2v) is 15.9. The summed E-state index contributed by atoms with van der Waals surface area (Å²) in [6, 6.07) is 4.59. The Bertz CT molecular complexity index is 767. The first kappa shape index (κ1) is 21.8. The van der Waals surface area contributed by atoms with Crippen LogP contribution in [0.4, 0.5) is 0 Å². The van der Waals surface area contributed by atoms with Crippen molar-refractivity contribution in [2.45, 2.75) is 77.6 Å². The highest BCUT2D eigenvalue weighted by molar-refractivity contribution is 6.78. The highest BCUT2D eigenvalue weighted by Gasteiger charge is 2.35. The summed E-state index contributed by atoms with van der Waals surface area (Å²) in [5, 5.41) is 0. The molecule has 27 heavy (non-hydrogen) atoms. The Morgan fingerprint density at radius 1 is 1.07 bits per heavy atom. The quantitative estimate of drug-likeness (QED) is 0.369. The van der Waals surface area contributed by atoms with E-state index in [1.54, 1.807) is 0 Å². The SMILES string of the molecule is C=CCOc1c(C(C)(C)C)cc(C)cc1C(C)(C)C1=CC([Si](C)(C)C)C=C1. The fraction of sp³-hybridized carbons (Fsp3) is 0.520. The predicted molar refractivity (Wildman–Crippen MR) is 123 cm³/mol. The van der Waals surface area contributed by atoms with Gasteiger partial charge in [-0.15, -0.1) is 0 Å². The van der Waals surface area contributed by atoms with E-state index in [1.807, 2.05) is 6.08 Å². The topological polar surface area (TPSA) is 9.23 Å². The average molecular weight is 383 g/mol. The molecule has 0 aliphatic heterocycles. The molecule has 0 N–H and O–H groups in total. The van der Waals surface area contributed by atoms with E-state index in [1.165, 1.54) is 22.3 Å². The predicted octanol–water partition coefficient (Wildman–Crippen LogP) is 7.34. The number of aryl methyl sites for hydroxylation is 1. The van der Waals surface area contributed by atoms with Crippen LogP contribution in [0.25, 0.3) is 0 Å². The van der Waals surface area contributed by atoms with Gasteiger partial charge in [0.2, 0.25) is 0 Å². The molecule has 2 heteroatoms. The summed E-state index contributed by atoms with van der Waals surface area (Å²) in [5.74, 6) is 1.03. The summed E-state index contributed by atoms with van der Waals surface area (Å²) >= 11 is 0. The van der Waals surface area contributed by atoms with Crippen LogP contribution >= 0.6 is 0 Å². The zero-order chi connectivity index (χ0) is 20.6. The van der Waals surface area contributed by atoms with Crippen molar-refractivity contribution in [3.8, 4) is 5.75 Å². The lowest BCUT2D eigenvalue weighted by Gasteiger charge is -2.33. The van der Waals surface area contributed by atoms with E-state index < -0.39 is 8.07 Å². The van der Waals surface area contributed by atoms with E-state index in [-0.39, 0.29) is 10.8 Å². The fourth-order valence-corrected chi connectivity index (χ4v) is 5.07. The molecule has 0 bridgehead atoms. The van der Waals surface area contributed by atoms with Crippen molar-refractivity contribution in [1.82, 2.24) is 0 Å². The minimum absolute atomic E-state index is 0.0219. The molecule has 1 aromatic carbocycles. The molecule has 148 valence electrons. The van der Waals surface area contributed by atoms with Gasteiger partial charge in [-0.1, -0.05) is 103 Å². The fourth-order valence-electron chi connectivity index (χ4n) is 3.72. The van der Waals surface area contributed by atoms with Gasteiger partial charge in [0.15, 0.2) is 0 Å². The van der Waals surface area contributed by atoms with E-state index in [0.717, 1.165) is 5.75 Å². The van der Waals surface area contributed by atoms with Gasteiger partial charge in [0.1, 0.15) is 12.4 Å². The standard InChI is InChI=1S/C25H38OSi/c1-11-14-26-23-21(24(3,4)5)15-18(2)16-22(23)25(6,7)19-12-13-20(17-19)27(8,9)10/h11-13,15-17,20H,1,14H2,2-10H3. The number of allylic oxidation sites excluding steroid dienone is 4. The monoisotopic (exact) mass is 382 g/mol. The zero-order valence-electron chi connectivity index (χ0n) is 18.9. The van der Waals surface area contributed by atoms with Crippen LogP contribution in [0.1, 0.15) is 51.3 Å². The molecule has 0 heterocycles. The van der Waals surface area contributed by atoms with E-state index in [9.17, 15) is 0 Å². The zero-order valence-corrected chi connectivity index (χ0v) is 19.9. The number of ether oxygens (including phenoxy) is 1. The van der Waals surface area contributed by atoms with Crippen molar-refractivity contribution in [3.63, 3.8) is 0 Å². The van der Waals surface area contributed by atoms with Gasteiger partial charge < -0.3 is 4.74 Å². The van der Waals surface area contributed by atoms with Gasteiger partial charge in [-0.25, -0.2) is 0 Å². The molecule has 2 rings (SSSR count). The third-order valence-electron chi connectivity index (χ3n) is 5.62. The molecule has 1 aromatic rings. The first-order valence-electron chi connectivity index (χ1n) is 10.1. The molecule has 1 aliphatic rings. The number of hydrogen-bond acceptors (Lipinski definition) is 1. The maximum Gasteiger partial charge on any atom is 0.127 e. The largest absolute Gasteiger partial charge is 0.489 e. The van der Waals surface area contributed by atoms with Crippen LogP contribution in [0.15, 0.2) is 48.6 Å². The third kappa shape index (κ3) is 4.66. The number of rotatable bonds is 6. The summed E-state index contributed by atoms with van der Waals surface area (Å²) < 4.78 is 6.28. The minimum Gasteiger partial charge on any atom is -0.489 e. The van der Waals surface area contributed by atoms with Crippen molar-refractivity contribution in [2.24, 2.45) is 0 Å². The van der Waals surface area contributed by atoms with E-state index >= 15 is 0 Å². The first-order chi connectivity index (χ1) is 12.3. The molecule has 1 atom stereocenters. The molecular weight excluding hydrogens is 344 g/mol. The molecule has 1 unspecified atom stereocenters. The van der Waals surface area contributed by atoms with Gasteiger partial charge in [0.05, 0.1) is 8.07 Å². The summed E-state index contributed by atoms with van der Waals surface area (Å²) in [5.41, 5.74) is 5.78. The van der Waals surface area contributed by atoms with Crippen LogP contribution in [-0.4, -0.2) is 14.7 Å². The van der Waals surface area contributed by atoms with Crippen molar-refractivity contribution in [2.75, 3.05) is 6.61 Å². The highest BCUT2D eigenvalue weighted by Crippen LogP contribution is 2.46. The minimum atomic E-state index is -1.24. The summed E-state index contributed by atoms with van der Waals surface area (Å²) in [6.07, 6.45) is 9.09. The average Bonchev–Trinajstić information content (AvgIpc) is 3.03. The second kappa shape index (κ2) is 7.47. The van der Waals surface area contributed by atoms with Crippen LogP contribution in [0.2, 0.25) is 25.2 Å². The second-order valence-electron chi connectivity index (χ2n) is 10.5. The van der Waals surface area contributed by atoms with Gasteiger partial charge in [-0.2, -0.15) is 0 Å². The lowest BCUT2D eigenvalue weighted by Crippen LogP contribution is -2.26.